The van der Waals surface area contributed by atoms with E-state index in [1.165, 1.54) is 6.26 Å². The quantitative estimate of drug-likeness (QED) is 0.779. The van der Waals surface area contributed by atoms with Gasteiger partial charge in [0.1, 0.15) is 11.9 Å². The van der Waals surface area contributed by atoms with Crippen molar-refractivity contribution in [2.75, 3.05) is 6.54 Å². The van der Waals surface area contributed by atoms with Gasteiger partial charge in [-0.25, -0.2) is 0 Å². The van der Waals surface area contributed by atoms with Crippen molar-refractivity contribution in [1.82, 2.24) is 15.5 Å². The Morgan fingerprint density at radius 3 is 3.06 bits per heavy atom. The van der Waals surface area contributed by atoms with E-state index in [4.69, 9.17) is 8.94 Å². The molecule has 16 heavy (non-hydrogen) atoms. The van der Waals surface area contributed by atoms with E-state index in [2.05, 4.69) is 15.5 Å². The molecular weight excluding hydrogens is 210 g/mol. The second-order valence-corrected chi connectivity index (χ2v) is 3.40. The highest BCUT2D eigenvalue weighted by Gasteiger charge is 2.10. The highest BCUT2D eigenvalue weighted by atomic mass is 16.5. The molecule has 2 rings (SSSR count). The van der Waals surface area contributed by atoms with Crippen molar-refractivity contribution in [2.45, 2.75) is 19.6 Å². The van der Waals surface area contributed by atoms with E-state index in [0.717, 1.165) is 0 Å². The van der Waals surface area contributed by atoms with Gasteiger partial charge in [-0.05, 0) is 19.1 Å². The highest BCUT2D eigenvalue weighted by Crippen LogP contribution is 2.11. The van der Waals surface area contributed by atoms with Gasteiger partial charge < -0.3 is 19.4 Å². The lowest BCUT2D eigenvalue weighted by Crippen LogP contribution is -2.20. The van der Waals surface area contributed by atoms with Gasteiger partial charge in [-0.1, -0.05) is 5.16 Å². The number of hydrogen-bond donors (Lipinski definition) is 2. The third-order valence-electron chi connectivity index (χ3n) is 2.06. The fourth-order valence-corrected chi connectivity index (χ4v) is 1.31. The molecule has 1 unspecified atom stereocenters. The van der Waals surface area contributed by atoms with Crippen LogP contribution in [-0.4, -0.2) is 21.8 Å². The van der Waals surface area contributed by atoms with E-state index in [1.54, 1.807) is 19.1 Å². The number of furan rings is 1. The van der Waals surface area contributed by atoms with Crippen LogP contribution < -0.4 is 5.32 Å². The van der Waals surface area contributed by atoms with Crippen molar-refractivity contribution in [3.63, 3.8) is 0 Å². The zero-order valence-electron chi connectivity index (χ0n) is 8.88. The summed E-state index contributed by atoms with van der Waals surface area (Å²) in [4.78, 5) is 4.02. The van der Waals surface area contributed by atoms with E-state index >= 15 is 0 Å². The zero-order chi connectivity index (χ0) is 11.4. The summed E-state index contributed by atoms with van der Waals surface area (Å²) in [6, 6.07) is 3.46. The number of aliphatic hydroxyl groups is 1. The summed E-state index contributed by atoms with van der Waals surface area (Å²) in [6.45, 7) is 2.55. The average molecular weight is 223 g/mol. The van der Waals surface area contributed by atoms with Crippen LogP contribution in [0.5, 0.6) is 0 Å². The van der Waals surface area contributed by atoms with E-state index in [0.29, 0.717) is 30.6 Å². The minimum atomic E-state index is -0.668. The molecule has 6 heteroatoms. The molecule has 0 aromatic carbocycles. The topological polar surface area (TPSA) is 84.3 Å². The molecular formula is C10H13N3O3. The Hall–Kier alpha value is -1.66. The molecule has 86 valence electrons. The van der Waals surface area contributed by atoms with Gasteiger partial charge in [0.25, 0.3) is 0 Å². The molecule has 6 nitrogen and oxygen atoms in total. The molecule has 2 aromatic rings. The molecule has 0 spiro atoms. The predicted octanol–water partition coefficient (Wildman–Crippen LogP) is 0.794. The Labute approximate surface area is 92.3 Å². The van der Waals surface area contributed by atoms with Gasteiger partial charge in [0, 0.05) is 6.54 Å². The van der Waals surface area contributed by atoms with Crippen molar-refractivity contribution in [3.8, 4) is 0 Å². The third-order valence-corrected chi connectivity index (χ3v) is 2.06. The Kier molecular flexibility index (Phi) is 3.33. The van der Waals surface area contributed by atoms with Gasteiger partial charge in [0.05, 0.1) is 12.8 Å². The summed E-state index contributed by atoms with van der Waals surface area (Å²) < 4.78 is 9.97. The number of nitrogens with zero attached hydrogens (tertiary/aromatic N) is 2. The normalized spacial score (nSPS) is 12.9. The number of aliphatic hydroxyl groups excluding tert-OH is 1. The number of rotatable bonds is 5. The van der Waals surface area contributed by atoms with Crippen molar-refractivity contribution in [2.24, 2.45) is 0 Å². The lowest BCUT2D eigenvalue weighted by atomic mass is 10.3. The molecule has 0 radical (unpaired) electrons. The summed E-state index contributed by atoms with van der Waals surface area (Å²) in [7, 11) is 0. The summed E-state index contributed by atoms with van der Waals surface area (Å²) in [5, 5.41) is 16.3. The van der Waals surface area contributed by atoms with E-state index in [-0.39, 0.29) is 0 Å². The summed E-state index contributed by atoms with van der Waals surface area (Å²) in [5.74, 6) is 1.64. The maximum Gasteiger partial charge on any atom is 0.240 e. The van der Waals surface area contributed by atoms with E-state index in [1.807, 2.05) is 0 Å². The van der Waals surface area contributed by atoms with Gasteiger partial charge in [-0.15, -0.1) is 0 Å². The van der Waals surface area contributed by atoms with Gasteiger partial charge in [-0.3, -0.25) is 0 Å². The molecule has 0 saturated carbocycles. The third kappa shape index (κ3) is 2.68. The van der Waals surface area contributed by atoms with E-state index in [9.17, 15) is 5.11 Å². The van der Waals surface area contributed by atoms with Crippen LogP contribution in [0.3, 0.4) is 0 Å². The second-order valence-electron chi connectivity index (χ2n) is 3.40. The number of aromatic nitrogens is 2. The number of aryl methyl sites for hydroxylation is 1. The zero-order valence-corrected chi connectivity index (χ0v) is 8.88. The molecule has 0 saturated heterocycles. The van der Waals surface area contributed by atoms with Crippen LogP contribution in [0.1, 0.15) is 23.6 Å². The van der Waals surface area contributed by atoms with Crippen molar-refractivity contribution >= 4 is 0 Å². The summed E-state index contributed by atoms with van der Waals surface area (Å²) >= 11 is 0. The first-order chi connectivity index (χ1) is 7.75. The van der Waals surface area contributed by atoms with E-state index < -0.39 is 6.10 Å². The van der Waals surface area contributed by atoms with Gasteiger partial charge in [-0.2, -0.15) is 4.98 Å². The molecule has 0 aliphatic heterocycles. The molecule has 2 heterocycles. The Balaban J connectivity index is 1.76. The SMILES string of the molecule is Cc1noc(CNCC(O)c2ccco2)n1. The Bertz CT molecular complexity index is 424. The summed E-state index contributed by atoms with van der Waals surface area (Å²) in [5.41, 5.74) is 0. The standard InChI is InChI=1S/C10H13N3O3/c1-7-12-10(16-13-7)6-11-5-8(14)9-3-2-4-15-9/h2-4,8,11,14H,5-6H2,1H3. The molecule has 0 aliphatic carbocycles. The largest absolute Gasteiger partial charge is 0.467 e. The number of nitrogens with one attached hydrogen (secondary N) is 1. The molecule has 0 amide bonds. The fourth-order valence-electron chi connectivity index (χ4n) is 1.31. The molecule has 0 bridgehead atoms. The van der Waals surface area contributed by atoms with Gasteiger partial charge in [0.2, 0.25) is 5.89 Å². The van der Waals surface area contributed by atoms with Gasteiger partial charge in [0.15, 0.2) is 5.82 Å². The van der Waals surface area contributed by atoms with Crippen LogP contribution in [0.15, 0.2) is 27.3 Å². The highest BCUT2D eigenvalue weighted by molar-refractivity contribution is 5.02. The van der Waals surface area contributed by atoms with Crippen LogP contribution in [0.25, 0.3) is 0 Å². The van der Waals surface area contributed by atoms with Crippen molar-refractivity contribution in [3.05, 3.63) is 35.9 Å². The minimum Gasteiger partial charge on any atom is -0.467 e. The smallest absolute Gasteiger partial charge is 0.240 e. The maximum atomic E-state index is 9.67. The molecule has 1 atom stereocenters. The lowest BCUT2D eigenvalue weighted by Gasteiger charge is -2.07. The number of hydrogen-bond acceptors (Lipinski definition) is 6. The summed E-state index contributed by atoms with van der Waals surface area (Å²) in [6.07, 6.45) is 0.860. The van der Waals surface area contributed by atoms with Crippen LogP contribution in [0.2, 0.25) is 0 Å². The first-order valence-corrected chi connectivity index (χ1v) is 4.97. The lowest BCUT2D eigenvalue weighted by molar-refractivity contribution is 0.146. The van der Waals surface area contributed by atoms with Crippen LogP contribution in [-0.2, 0) is 6.54 Å². The van der Waals surface area contributed by atoms with Gasteiger partial charge >= 0.3 is 0 Å². The van der Waals surface area contributed by atoms with Crippen LogP contribution in [0.4, 0.5) is 0 Å². The minimum absolute atomic E-state index is 0.370. The van der Waals surface area contributed by atoms with Crippen molar-refractivity contribution in [1.29, 1.82) is 0 Å². The molecule has 0 aliphatic rings. The maximum absolute atomic E-state index is 9.67. The monoisotopic (exact) mass is 223 g/mol. The Morgan fingerprint density at radius 2 is 2.44 bits per heavy atom. The first-order valence-electron chi connectivity index (χ1n) is 4.97. The fraction of sp³-hybridized carbons (Fsp3) is 0.400. The van der Waals surface area contributed by atoms with Crippen molar-refractivity contribution < 1.29 is 14.0 Å². The average Bonchev–Trinajstić information content (AvgIpc) is 2.89. The van der Waals surface area contributed by atoms with Crippen LogP contribution >= 0.6 is 0 Å². The Morgan fingerprint density at radius 1 is 1.56 bits per heavy atom. The predicted molar refractivity (Wildman–Crippen MR) is 54.4 cm³/mol. The first kappa shape index (κ1) is 10.8. The molecule has 2 N–H and O–H groups in total. The second kappa shape index (κ2) is 4.91. The van der Waals surface area contributed by atoms with Crippen LogP contribution in [0, 0.1) is 6.92 Å². The molecule has 2 aromatic heterocycles. The molecule has 0 fully saturated rings.